The van der Waals surface area contributed by atoms with E-state index in [1.807, 2.05) is 6.92 Å². The Hall–Kier alpha value is -1.73. The SMILES string of the molecule is Cc1nc(=O)[nH]c(C)c1CC(=O)N1CC(C)OC(CO)C1. The first kappa shape index (κ1) is 15.7. The zero-order valence-corrected chi connectivity index (χ0v) is 12.5. The van der Waals surface area contributed by atoms with Gasteiger partial charge in [-0.3, -0.25) is 4.79 Å². The van der Waals surface area contributed by atoms with Crippen molar-refractivity contribution in [2.24, 2.45) is 0 Å². The average Bonchev–Trinajstić information content (AvgIpc) is 2.41. The molecule has 0 spiro atoms. The highest BCUT2D eigenvalue weighted by Crippen LogP contribution is 2.14. The van der Waals surface area contributed by atoms with E-state index in [-0.39, 0.29) is 31.1 Å². The van der Waals surface area contributed by atoms with Crippen molar-refractivity contribution in [1.82, 2.24) is 14.9 Å². The van der Waals surface area contributed by atoms with Crippen molar-refractivity contribution in [2.45, 2.75) is 39.4 Å². The molecule has 21 heavy (non-hydrogen) atoms. The Morgan fingerprint density at radius 1 is 1.48 bits per heavy atom. The van der Waals surface area contributed by atoms with E-state index in [1.54, 1.807) is 18.7 Å². The van der Waals surface area contributed by atoms with Crippen molar-refractivity contribution in [2.75, 3.05) is 19.7 Å². The first-order valence-corrected chi connectivity index (χ1v) is 7.01. The normalized spacial score (nSPS) is 22.4. The molecule has 2 atom stereocenters. The van der Waals surface area contributed by atoms with Crippen molar-refractivity contribution in [3.63, 3.8) is 0 Å². The van der Waals surface area contributed by atoms with E-state index >= 15 is 0 Å². The third-order valence-corrected chi connectivity index (χ3v) is 3.66. The quantitative estimate of drug-likeness (QED) is 0.786. The highest BCUT2D eigenvalue weighted by molar-refractivity contribution is 5.79. The summed E-state index contributed by atoms with van der Waals surface area (Å²) in [5.74, 6) is -0.0522. The fourth-order valence-corrected chi connectivity index (χ4v) is 2.63. The Morgan fingerprint density at radius 3 is 2.81 bits per heavy atom. The van der Waals surface area contributed by atoms with Gasteiger partial charge < -0.3 is 19.7 Å². The number of H-pyrrole nitrogens is 1. The standard InChI is InChI=1S/C14H21N3O4/c1-8-5-17(6-11(7-18)21-8)13(19)4-12-9(2)15-14(20)16-10(12)3/h8,11,18H,4-7H2,1-3H3,(H,15,16,20). The largest absolute Gasteiger partial charge is 0.394 e. The van der Waals surface area contributed by atoms with E-state index in [4.69, 9.17) is 4.74 Å². The number of morpholine rings is 1. The van der Waals surface area contributed by atoms with Crippen LogP contribution in [-0.4, -0.2) is 57.8 Å². The number of aliphatic hydroxyl groups is 1. The summed E-state index contributed by atoms with van der Waals surface area (Å²) >= 11 is 0. The molecule has 1 aromatic heterocycles. The van der Waals surface area contributed by atoms with Gasteiger partial charge in [-0.1, -0.05) is 0 Å². The number of nitrogens with zero attached hydrogens (tertiary/aromatic N) is 2. The first-order valence-electron chi connectivity index (χ1n) is 7.01. The molecule has 1 saturated heterocycles. The molecular formula is C14H21N3O4. The zero-order valence-electron chi connectivity index (χ0n) is 12.5. The first-order chi connectivity index (χ1) is 9.90. The van der Waals surface area contributed by atoms with Crippen molar-refractivity contribution in [3.05, 3.63) is 27.4 Å². The van der Waals surface area contributed by atoms with Gasteiger partial charge in [-0.15, -0.1) is 0 Å². The van der Waals surface area contributed by atoms with E-state index in [1.165, 1.54) is 0 Å². The summed E-state index contributed by atoms with van der Waals surface area (Å²) in [6.07, 6.45) is -0.254. The molecule has 1 aliphatic rings. The Labute approximate surface area is 123 Å². The number of hydrogen-bond acceptors (Lipinski definition) is 5. The van der Waals surface area contributed by atoms with Crippen LogP contribution in [0, 0.1) is 13.8 Å². The average molecular weight is 295 g/mol. The van der Waals surface area contributed by atoms with Gasteiger partial charge in [0.05, 0.1) is 25.2 Å². The molecule has 0 radical (unpaired) electrons. The smallest absolute Gasteiger partial charge is 0.345 e. The number of aryl methyl sites for hydroxylation is 2. The lowest BCUT2D eigenvalue weighted by Crippen LogP contribution is -2.50. The number of aromatic nitrogens is 2. The van der Waals surface area contributed by atoms with E-state index in [0.717, 1.165) is 5.56 Å². The molecule has 2 heterocycles. The third-order valence-electron chi connectivity index (χ3n) is 3.66. The molecule has 116 valence electrons. The van der Waals surface area contributed by atoms with Crippen LogP contribution in [0.2, 0.25) is 0 Å². The van der Waals surface area contributed by atoms with Gasteiger partial charge in [0.1, 0.15) is 0 Å². The summed E-state index contributed by atoms with van der Waals surface area (Å²) in [5, 5.41) is 9.20. The summed E-state index contributed by atoms with van der Waals surface area (Å²) < 4.78 is 5.53. The van der Waals surface area contributed by atoms with E-state index in [0.29, 0.717) is 24.5 Å². The molecule has 7 heteroatoms. The summed E-state index contributed by atoms with van der Waals surface area (Å²) in [6, 6.07) is 0. The number of carbonyl (C=O) groups excluding carboxylic acids is 1. The van der Waals surface area contributed by atoms with Crippen LogP contribution in [0.3, 0.4) is 0 Å². The summed E-state index contributed by atoms with van der Waals surface area (Å²) in [6.45, 7) is 6.14. The Bertz CT molecular complexity index is 558. The van der Waals surface area contributed by atoms with Crippen LogP contribution in [0.15, 0.2) is 4.79 Å². The Balaban J connectivity index is 2.13. The Morgan fingerprint density at radius 2 is 2.19 bits per heavy atom. The van der Waals surface area contributed by atoms with Crippen LogP contribution in [0.25, 0.3) is 0 Å². The van der Waals surface area contributed by atoms with E-state index in [9.17, 15) is 14.7 Å². The zero-order chi connectivity index (χ0) is 15.6. The fourth-order valence-electron chi connectivity index (χ4n) is 2.63. The molecule has 2 unspecified atom stereocenters. The van der Waals surface area contributed by atoms with Gasteiger partial charge in [-0.2, -0.15) is 4.98 Å². The molecule has 0 saturated carbocycles. The van der Waals surface area contributed by atoms with Crippen LogP contribution >= 0.6 is 0 Å². The molecule has 1 aromatic rings. The number of aliphatic hydroxyl groups excluding tert-OH is 1. The molecule has 0 bridgehead atoms. The van der Waals surface area contributed by atoms with Crippen molar-refractivity contribution in [3.8, 4) is 0 Å². The minimum absolute atomic E-state index is 0.0522. The molecule has 7 nitrogen and oxygen atoms in total. The predicted molar refractivity (Wildman–Crippen MR) is 76.0 cm³/mol. The minimum atomic E-state index is -0.401. The lowest BCUT2D eigenvalue weighted by molar-refractivity contribution is -0.146. The van der Waals surface area contributed by atoms with Crippen molar-refractivity contribution in [1.29, 1.82) is 0 Å². The van der Waals surface area contributed by atoms with Gasteiger partial charge in [0.25, 0.3) is 0 Å². The predicted octanol–water partition coefficient (Wildman–Crippen LogP) is -0.463. The second kappa shape index (κ2) is 6.36. The molecule has 0 aliphatic carbocycles. The summed E-state index contributed by atoms with van der Waals surface area (Å²) in [7, 11) is 0. The number of carbonyl (C=O) groups is 1. The molecule has 1 fully saturated rings. The van der Waals surface area contributed by atoms with E-state index < -0.39 is 5.69 Å². The van der Waals surface area contributed by atoms with Gasteiger partial charge in [-0.25, -0.2) is 4.79 Å². The van der Waals surface area contributed by atoms with Crippen LogP contribution in [0.4, 0.5) is 0 Å². The maximum absolute atomic E-state index is 12.4. The fraction of sp³-hybridized carbons (Fsp3) is 0.643. The molecular weight excluding hydrogens is 274 g/mol. The number of rotatable bonds is 3. The number of ether oxygens (including phenoxy) is 1. The van der Waals surface area contributed by atoms with Crippen LogP contribution < -0.4 is 5.69 Å². The van der Waals surface area contributed by atoms with Crippen molar-refractivity contribution < 1.29 is 14.6 Å². The minimum Gasteiger partial charge on any atom is -0.394 e. The maximum atomic E-state index is 12.4. The molecule has 1 amide bonds. The molecule has 2 rings (SSSR count). The highest BCUT2D eigenvalue weighted by atomic mass is 16.5. The lowest BCUT2D eigenvalue weighted by Gasteiger charge is -2.36. The van der Waals surface area contributed by atoms with Crippen LogP contribution in [0.1, 0.15) is 23.9 Å². The van der Waals surface area contributed by atoms with Gasteiger partial charge in [0, 0.05) is 30.0 Å². The van der Waals surface area contributed by atoms with E-state index in [2.05, 4.69) is 9.97 Å². The monoisotopic (exact) mass is 295 g/mol. The molecule has 2 N–H and O–H groups in total. The second-order valence-corrected chi connectivity index (χ2v) is 5.46. The van der Waals surface area contributed by atoms with Gasteiger partial charge in [-0.05, 0) is 20.8 Å². The number of nitrogens with one attached hydrogen (secondary N) is 1. The van der Waals surface area contributed by atoms with Gasteiger partial charge in [0.2, 0.25) is 5.91 Å². The molecule has 0 aromatic carbocycles. The Kier molecular flexibility index (Phi) is 4.74. The number of amides is 1. The van der Waals surface area contributed by atoms with Gasteiger partial charge >= 0.3 is 5.69 Å². The number of aromatic amines is 1. The summed E-state index contributed by atoms with van der Waals surface area (Å²) in [4.78, 5) is 31.8. The molecule has 1 aliphatic heterocycles. The van der Waals surface area contributed by atoms with Gasteiger partial charge in [0.15, 0.2) is 0 Å². The van der Waals surface area contributed by atoms with Crippen LogP contribution in [-0.2, 0) is 16.0 Å². The topological polar surface area (TPSA) is 95.5 Å². The summed E-state index contributed by atoms with van der Waals surface area (Å²) in [5.41, 5.74) is 1.59. The second-order valence-electron chi connectivity index (χ2n) is 5.46. The number of hydrogen-bond donors (Lipinski definition) is 2. The highest BCUT2D eigenvalue weighted by Gasteiger charge is 2.28. The lowest BCUT2D eigenvalue weighted by atomic mass is 10.1. The third kappa shape index (κ3) is 3.68. The van der Waals surface area contributed by atoms with Crippen LogP contribution in [0.5, 0.6) is 0 Å². The maximum Gasteiger partial charge on any atom is 0.345 e. The van der Waals surface area contributed by atoms with Crippen molar-refractivity contribution >= 4 is 5.91 Å².